The van der Waals surface area contributed by atoms with Crippen LogP contribution in [0.25, 0.3) is 0 Å². The number of ether oxygens (including phenoxy) is 1. The molecular formula is C24H30FN3O3. The number of nitrogens with one attached hydrogen (secondary N) is 1. The fraction of sp³-hybridized carbons (Fsp3) is 0.417. The summed E-state index contributed by atoms with van der Waals surface area (Å²) < 4.78 is 18.4. The number of hydrogen-bond donors (Lipinski definition) is 1. The third-order valence-electron chi connectivity index (χ3n) is 4.99. The summed E-state index contributed by atoms with van der Waals surface area (Å²) in [6, 6.07) is 13.7. The average Bonchev–Trinajstić information content (AvgIpc) is 2.95. The van der Waals surface area contributed by atoms with Gasteiger partial charge < -0.3 is 14.5 Å². The van der Waals surface area contributed by atoms with E-state index in [1.165, 1.54) is 12.1 Å². The summed E-state index contributed by atoms with van der Waals surface area (Å²) in [7, 11) is 0. The highest BCUT2D eigenvalue weighted by Gasteiger charge is 2.20. The molecule has 0 aliphatic carbocycles. The number of nitrogens with zero attached hydrogens (tertiary/aromatic N) is 2. The fourth-order valence-corrected chi connectivity index (χ4v) is 3.49. The first-order valence-corrected chi connectivity index (χ1v) is 10.6. The molecule has 0 atom stereocenters. The zero-order valence-electron chi connectivity index (χ0n) is 18.4. The Hall–Kier alpha value is -3.09. The zero-order valence-corrected chi connectivity index (χ0v) is 18.4. The van der Waals surface area contributed by atoms with E-state index in [1.54, 1.807) is 24.3 Å². The molecule has 1 fully saturated rings. The second kappa shape index (κ2) is 9.81. The summed E-state index contributed by atoms with van der Waals surface area (Å²) in [4.78, 5) is 28.7. The number of anilines is 2. The van der Waals surface area contributed by atoms with Crippen LogP contribution in [0, 0.1) is 5.82 Å². The van der Waals surface area contributed by atoms with Crippen LogP contribution < -0.4 is 10.2 Å². The summed E-state index contributed by atoms with van der Waals surface area (Å²) in [6.07, 6.45) is 0.664. The zero-order chi connectivity index (χ0) is 22.4. The van der Waals surface area contributed by atoms with E-state index in [4.69, 9.17) is 4.74 Å². The molecule has 3 rings (SSSR count). The van der Waals surface area contributed by atoms with Crippen molar-refractivity contribution in [3.8, 4) is 0 Å². The van der Waals surface area contributed by atoms with Crippen molar-refractivity contribution in [2.45, 2.75) is 39.2 Å². The van der Waals surface area contributed by atoms with Crippen LogP contribution in [-0.4, -0.2) is 48.7 Å². The minimum absolute atomic E-state index is 0.0776. The van der Waals surface area contributed by atoms with Crippen molar-refractivity contribution >= 4 is 23.4 Å². The molecule has 1 aliphatic heterocycles. The van der Waals surface area contributed by atoms with Gasteiger partial charge in [-0.15, -0.1) is 0 Å². The molecule has 166 valence electrons. The van der Waals surface area contributed by atoms with Crippen LogP contribution in [0.15, 0.2) is 48.5 Å². The molecule has 1 N–H and O–H groups in total. The minimum atomic E-state index is -0.560. The van der Waals surface area contributed by atoms with Crippen molar-refractivity contribution in [3.05, 3.63) is 59.9 Å². The standard InChI is InChI=1S/C24H30FN3O3/c1-24(2,3)31-23(30)26-20-9-5-18(6-10-20)17-22(29)28-14-4-13-27(15-16-28)21-11-7-19(25)8-12-21/h5-12H,4,13-17H2,1-3H3,(H,26,30). The third kappa shape index (κ3) is 6.98. The van der Waals surface area contributed by atoms with Gasteiger partial charge in [0.1, 0.15) is 11.4 Å². The van der Waals surface area contributed by atoms with Crippen LogP contribution in [0.4, 0.5) is 20.6 Å². The maximum atomic E-state index is 13.2. The molecule has 0 saturated carbocycles. The summed E-state index contributed by atoms with van der Waals surface area (Å²) in [5.41, 5.74) is 1.92. The van der Waals surface area contributed by atoms with Crippen molar-refractivity contribution in [1.82, 2.24) is 4.90 Å². The molecule has 6 nitrogen and oxygen atoms in total. The third-order valence-corrected chi connectivity index (χ3v) is 4.99. The topological polar surface area (TPSA) is 61.9 Å². The van der Waals surface area contributed by atoms with E-state index in [0.29, 0.717) is 25.2 Å². The Morgan fingerprint density at radius 1 is 0.968 bits per heavy atom. The van der Waals surface area contributed by atoms with Crippen LogP contribution in [-0.2, 0) is 16.0 Å². The number of rotatable bonds is 4. The molecule has 0 aromatic heterocycles. The molecule has 2 aromatic rings. The van der Waals surface area contributed by atoms with Gasteiger partial charge in [-0.2, -0.15) is 0 Å². The van der Waals surface area contributed by atoms with Crippen molar-refractivity contribution in [2.75, 3.05) is 36.4 Å². The monoisotopic (exact) mass is 427 g/mol. The van der Waals surface area contributed by atoms with Crippen LogP contribution >= 0.6 is 0 Å². The van der Waals surface area contributed by atoms with Gasteiger partial charge in [0.25, 0.3) is 0 Å². The lowest BCUT2D eigenvalue weighted by Gasteiger charge is -2.24. The normalized spacial score (nSPS) is 14.7. The first kappa shape index (κ1) is 22.6. The Morgan fingerprint density at radius 3 is 2.29 bits per heavy atom. The van der Waals surface area contributed by atoms with Crippen LogP contribution in [0.2, 0.25) is 0 Å². The number of halogens is 1. The molecule has 0 bridgehead atoms. The molecule has 2 aromatic carbocycles. The van der Waals surface area contributed by atoms with Crippen molar-refractivity contribution in [1.29, 1.82) is 0 Å². The second-order valence-corrected chi connectivity index (χ2v) is 8.70. The van der Waals surface area contributed by atoms with Gasteiger partial charge in [0, 0.05) is 37.6 Å². The molecule has 2 amide bonds. The Labute approximate surface area is 183 Å². The summed E-state index contributed by atoms with van der Waals surface area (Å²) in [5, 5.41) is 2.69. The van der Waals surface area contributed by atoms with Gasteiger partial charge in [0.15, 0.2) is 0 Å². The van der Waals surface area contributed by atoms with Gasteiger partial charge in [-0.3, -0.25) is 10.1 Å². The maximum absolute atomic E-state index is 13.2. The van der Waals surface area contributed by atoms with Gasteiger partial charge in [-0.05, 0) is 69.2 Å². The highest BCUT2D eigenvalue weighted by Crippen LogP contribution is 2.18. The van der Waals surface area contributed by atoms with E-state index in [0.717, 1.165) is 30.8 Å². The molecule has 0 radical (unpaired) electrons. The average molecular weight is 428 g/mol. The maximum Gasteiger partial charge on any atom is 0.412 e. The van der Waals surface area contributed by atoms with E-state index in [9.17, 15) is 14.0 Å². The molecule has 1 saturated heterocycles. The van der Waals surface area contributed by atoms with Crippen molar-refractivity contribution < 1.29 is 18.7 Å². The second-order valence-electron chi connectivity index (χ2n) is 8.70. The van der Waals surface area contributed by atoms with Crippen molar-refractivity contribution in [2.24, 2.45) is 0 Å². The first-order chi connectivity index (χ1) is 14.7. The number of amides is 2. The molecule has 0 spiro atoms. The van der Waals surface area contributed by atoms with E-state index in [-0.39, 0.29) is 11.7 Å². The lowest BCUT2D eigenvalue weighted by molar-refractivity contribution is -0.130. The molecule has 0 unspecified atom stereocenters. The minimum Gasteiger partial charge on any atom is -0.444 e. The SMILES string of the molecule is CC(C)(C)OC(=O)Nc1ccc(CC(=O)N2CCCN(c3ccc(F)cc3)CC2)cc1. The van der Waals surface area contributed by atoms with Gasteiger partial charge in [0.2, 0.25) is 5.91 Å². The summed E-state index contributed by atoms with van der Waals surface area (Å²) in [6.45, 7) is 8.31. The Kier molecular flexibility index (Phi) is 7.15. The van der Waals surface area contributed by atoms with E-state index in [2.05, 4.69) is 10.2 Å². The first-order valence-electron chi connectivity index (χ1n) is 10.6. The van der Waals surface area contributed by atoms with Crippen LogP contribution in [0.5, 0.6) is 0 Å². The summed E-state index contributed by atoms with van der Waals surface area (Å²) >= 11 is 0. The molecule has 7 heteroatoms. The number of hydrogen-bond acceptors (Lipinski definition) is 4. The highest BCUT2D eigenvalue weighted by molar-refractivity contribution is 5.85. The Morgan fingerprint density at radius 2 is 1.65 bits per heavy atom. The smallest absolute Gasteiger partial charge is 0.412 e. The lowest BCUT2D eigenvalue weighted by Crippen LogP contribution is -2.36. The quantitative estimate of drug-likeness (QED) is 0.783. The summed E-state index contributed by atoms with van der Waals surface area (Å²) in [5.74, 6) is -0.170. The largest absolute Gasteiger partial charge is 0.444 e. The van der Waals surface area contributed by atoms with Gasteiger partial charge >= 0.3 is 6.09 Å². The van der Waals surface area contributed by atoms with E-state index in [1.807, 2.05) is 37.8 Å². The highest BCUT2D eigenvalue weighted by atomic mass is 19.1. The van der Waals surface area contributed by atoms with E-state index < -0.39 is 11.7 Å². The number of carbonyl (C=O) groups is 2. The molecular weight excluding hydrogens is 397 g/mol. The van der Waals surface area contributed by atoms with Crippen molar-refractivity contribution in [3.63, 3.8) is 0 Å². The van der Waals surface area contributed by atoms with Crippen LogP contribution in [0.1, 0.15) is 32.8 Å². The van der Waals surface area contributed by atoms with Gasteiger partial charge in [-0.25, -0.2) is 9.18 Å². The van der Waals surface area contributed by atoms with Gasteiger partial charge in [-0.1, -0.05) is 12.1 Å². The molecule has 1 heterocycles. The Balaban J connectivity index is 1.51. The van der Waals surface area contributed by atoms with Crippen LogP contribution in [0.3, 0.4) is 0 Å². The predicted molar refractivity (Wildman–Crippen MR) is 120 cm³/mol. The number of carbonyl (C=O) groups excluding carboxylic acids is 2. The van der Waals surface area contributed by atoms with Gasteiger partial charge in [0.05, 0.1) is 6.42 Å². The number of benzene rings is 2. The molecule has 1 aliphatic rings. The lowest BCUT2D eigenvalue weighted by atomic mass is 10.1. The Bertz CT molecular complexity index is 892. The fourth-order valence-electron chi connectivity index (χ4n) is 3.49. The molecule has 31 heavy (non-hydrogen) atoms. The van der Waals surface area contributed by atoms with E-state index >= 15 is 0 Å². The predicted octanol–water partition coefficient (Wildman–Crippen LogP) is 4.45.